The second kappa shape index (κ2) is 12.5. The zero-order chi connectivity index (χ0) is 30.7. The Labute approximate surface area is 242 Å². The van der Waals surface area contributed by atoms with Gasteiger partial charge in [0.1, 0.15) is 11.1 Å². The Balaban J connectivity index is 0.000000517. The average Bonchev–Trinajstić information content (AvgIpc) is 3.47. The third kappa shape index (κ3) is 7.68. The van der Waals surface area contributed by atoms with E-state index in [0.29, 0.717) is 49.1 Å². The number of amides is 3. The molecule has 2 aliphatic heterocycles. The number of alkyl halides is 3. The maximum absolute atomic E-state index is 13.0. The number of fused-ring (bicyclic) bond motifs is 1. The summed E-state index contributed by atoms with van der Waals surface area (Å²) in [4.78, 5) is 43.1. The van der Waals surface area contributed by atoms with Crippen LogP contribution in [0.1, 0.15) is 34.7 Å². The standard InChI is InChI=1S/C23H24ClN5O5S.C2HF3O2/c24-16-5-6-17-18(12-16)26-22(25-17)19(27-23(31)29-7-9-34-10-8-29)11-14-1-3-15(4-2-14)20-13-21(30)28-35(20,32)33;3-2(4,5)1(6)7/h1-6,12,19-20H,7-11,13H2,(H,25,26)(H,27,31)(H,28,30);(H,6,7)/t19-,20?;/m0./s1. The third-order valence-corrected chi connectivity index (χ3v) is 8.36. The van der Waals surface area contributed by atoms with Gasteiger partial charge in [-0.25, -0.2) is 23.0 Å². The summed E-state index contributed by atoms with van der Waals surface area (Å²) in [5.41, 5.74) is 2.90. The smallest absolute Gasteiger partial charge is 0.475 e. The number of imidazole rings is 1. The number of morpholine rings is 1. The molecule has 2 saturated heterocycles. The third-order valence-electron chi connectivity index (χ3n) is 6.42. The Hall–Kier alpha value is -3.89. The second-order valence-electron chi connectivity index (χ2n) is 9.40. The van der Waals surface area contributed by atoms with Gasteiger partial charge in [0, 0.05) is 18.1 Å². The fourth-order valence-corrected chi connectivity index (χ4v) is 5.94. The number of carboxylic acids is 1. The summed E-state index contributed by atoms with van der Waals surface area (Å²) < 4.78 is 63.5. The van der Waals surface area contributed by atoms with Crippen molar-refractivity contribution in [1.29, 1.82) is 0 Å². The first kappa shape index (κ1) is 31.1. The molecule has 1 aromatic heterocycles. The first-order valence-corrected chi connectivity index (χ1v) is 14.4. The molecule has 2 aromatic carbocycles. The van der Waals surface area contributed by atoms with Crippen molar-refractivity contribution in [2.45, 2.75) is 30.3 Å². The van der Waals surface area contributed by atoms with Gasteiger partial charge in [-0.3, -0.25) is 9.52 Å². The Morgan fingerprint density at radius 2 is 1.81 bits per heavy atom. The number of ether oxygens (including phenoxy) is 1. The highest BCUT2D eigenvalue weighted by atomic mass is 35.5. The van der Waals surface area contributed by atoms with Crippen LogP contribution in [-0.2, 0) is 30.8 Å². The molecule has 4 N–H and O–H groups in total. The van der Waals surface area contributed by atoms with Gasteiger partial charge in [-0.05, 0) is 35.7 Å². The minimum absolute atomic E-state index is 0.0958. The molecule has 42 heavy (non-hydrogen) atoms. The van der Waals surface area contributed by atoms with E-state index in [9.17, 15) is 31.2 Å². The number of nitrogens with one attached hydrogen (secondary N) is 3. The Morgan fingerprint density at radius 1 is 1.17 bits per heavy atom. The summed E-state index contributed by atoms with van der Waals surface area (Å²) >= 11 is 6.12. The van der Waals surface area contributed by atoms with E-state index in [4.69, 9.17) is 26.2 Å². The molecule has 3 heterocycles. The van der Waals surface area contributed by atoms with E-state index in [-0.39, 0.29) is 12.5 Å². The number of aromatic amines is 1. The number of benzene rings is 2. The fraction of sp³-hybridized carbons (Fsp3) is 0.360. The van der Waals surface area contributed by atoms with Gasteiger partial charge >= 0.3 is 18.2 Å². The summed E-state index contributed by atoms with van der Waals surface area (Å²) in [5.74, 6) is -2.68. The highest BCUT2D eigenvalue weighted by Gasteiger charge is 2.38. The second-order valence-corrected chi connectivity index (χ2v) is 11.7. The van der Waals surface area contributed by atoms with Crippen molar-refractivity contribution in [3.05, 3.63) is 64.4 Å². The topological polar surface area (TPSA) is 171 Å². The number of aromatic nitrogens is 2. The Bertz CT molecular complexity index is 1580. The van der Waals surface area contributed by atoms with E-state index in [1.807, 2.05) is 10.8 Å². The van der Waals surface area contributed by atoms with Gasteiger partial charge in [-0.1, -0.05) is 35.9 Å². The molecular formula is C25H25ClF3N5O7S. The zero-order valence-corrected chi connectivity index (χ0v) is 23.2. The number of rotatable bonds is 5. The summed E-state index contributed by atoms with van der Waals surface area (Å²) in [6.45, 7) is 1.99. The quantitative estimate of drug-likeness (QED) is 0.333. The number of carboxylic acid groups (broad SMARTS) is 1. The van der Waals surface area contributed by atoms with Crippen LogP contribution in [0.4, 0.5) is 18.0 Å². The van der Waals surface area contributed by atoms with E-state index in [2.05, 4.69) is 15.3 Å². The molecule has 0 bridgehead atoms. The van der Waals surface area contributed by atoms with Gasteiger partial charge in [-0.2, -0.15) is 13.2 Å². The maximum Gasteiger partial charge on any atom is 0.490 e. The lowest BCUT2D eigenvalue weighted by atomic mass is 10.0. The minimum Gasteiger partial charge on any atom is -0.475 e. The van der Waals surface area contributed by atoms with Crippen molar-refractivity contribution < 1.29 is 45.8 Å². The van der Waals surface area contributed by atoms with Crippen LogP contribution in [0.5, 0.6) is 0 Å². The van der Waals surface area contributed by atoms with Crippen molar-refractivity contribution in [2.75, 3.05) is 26.3 Å². The summed E-state index contributed by atoms with van der Waals surface area (Å²) in [7, 11) is -3.71. The lowest BCUT2D eigenvalue weighted by Gasteiger charge is -2.29. The van der Waals surface area contributed by atoms with Gasteiger partial charge in [0.05, 0.1) is 36.7 Å². The van der Waals surface area contributed by atoms with E-state index in [1.165, 1.54) is 0 Å². The highest BCUT2D eigenvalue weighted by Crippen LogP contribution is 2.31. The van der Waals surface area contributed by atoms with Crippen molar-refractivity contribution in [3.63, 3.8) is 0 Å². The molecule has 1 unspecified atom stereocenters. The maximum atomic E-state index is 13.0. The number of nitrogens with zero attached hydrogens (tertiary/aromatic N) is 2. The summed E-state index contributed by atoms with van der Waals surface area (Å²) in [6, 6.07) is 11.7. The molecule has 0 radical (unpaired) electrons. The van der Waals surface area contributed by atoms with Crippen LogP contribution >= 0.6 is 11.6 Å². The van der Waals surface area contributed by atoms with Gasteiger partial charge in [0.2, 0.25) is 15.9 Å². The summed E-state index contributed by atoms with van der Waals surface area (Å²) in [5, 5.41) is 9.87. The molecule has 2 aliphatic rings. The average molecular weight is 632 g/mol. The molecule has 2 atom stereocenters. The molecule has 0 saturated carbocycles. The predicted octanol–water partition coefficient (Wildman–Crippen LogP) is 3.07. The first-order chi connectivity index (χ1) is 19.7. The molecule has 3 amide bonds. The molecule has 5 rings (SSSR count). The molecule has 2 fully saturated rings. The van der Waals surface area contributed by atoms with Crippen LogP contribution in [0.3, 0.4) is 0 Å². The van der Waals surface area contributed by atoms with Gasteiger partial charge in [-0.15, -0.1) is 0 Å². The largest absolute Gasteiger partial charge is 0.490 e. The number of sulfonamides is 1. The van der Waals surface area contributed by atoms with Crippen LogP contribution in [0.15, 0.2) is 42.5 Å². The normalized spacial score (nSPS) is 19.0. The van der Waals surface area contributed by atoms with E-state index >= 15 is 0 Å². The monoisotopic (exact) mass is 631 g/mol. The first-order valence-electron chi connectivity index (χ1n) is 12.4. The lowest BCUT2D eigenvalue weighted by molar-refractivity contribution is -0.192. The van der Waals surface area contributed by atoms with Crippen LogP contribution in [-0.4, -0.2) is 78.8 Å². The molecule has 3 aromatic rings. The number of hydrogen-bond donors (Lipinski definition) is 4. The van der Waals surface area contributed by atoms with E-state index in [0.717, 1.165) is 16.6 Å². The number of aliphatic carboxylic acids is 1. The van der Waals surface area contributed by atoms with Crippen molar-refractivity contribution in [1.82, 2.24) is 24.9 Å². The molecule has 0 aliphatic carbocycles. The highest BCUT2D eigenvalue weighted by molar-refractivity contribution is 7.90. The van der Waals surface area contributed by atoms with Crippen molar-refractivity contribution in [2.24, 2.45) is 0 Å². The van der Waals surface area contributed by atoms with Crippen LogP contribution in [0.2, 0.25) is 5.02 Å². The van der Waals surface area contributed by atoms with E-state index in [1.54, 1.807) is 41.3 Å². The number of hydrogen-bond acceptors (Lipinski definition) is 7. The van der Waals surface area contributed by atoms with Crippen LogP contribution < -0.4 is 10.0 Å². The van der Waals surface area contributed by atoms with Crippen molar-refractivity contribution in [3.8, 4) is 0 Å². The van der Waals surface area contributed by atoms with Crippen LogP contribution in [0.25, 0.3) is 11.0 Å². The zero-order valence-electron chi connectivity index (χ0n) is 21.7. The van der Waals surface area contributed by atoms with Gasteiger partial charge in [0.25, 0.3) is 0 Å². The van der Waals surface area contributed by atoms with E-state index < -0.39 is 39.4 Å². The predicted molar refractivity (Wildman–Crippen MR) is 143 cm³/mol. The Morgan fingerprint density at radius 3 is 2.38 bits per heavy atom. The SMILES string of the molecule is O=C(O)C(F)(F)F.O=C1CC(c2ccc(C[C@H](NC(=O)N3CCOCC3)c3nc4ccc(Cl)cc4[nH]3)cc2)S(=O)(=O)N1. The lowest BCUT2D eigenvalue weighted by Crippen LogP contribution is -2.47. The van der Waals surface area contributed by atoms with Gasteiger partial charge in [0.15, 0.2) is 0 Å². The molecule has 12 nitrogen and oxygen atoms in total. The van der Waals surface area contributed by atoms with Gasteiger partial charge < -0.3 is 25.0 Å². The number of carbonyl (C=O) groups excluding carboxylic acids is 2. The number of H-pyrrole nitrogens is 1. The number of halogens is 4. The Kier molecular flexibility index (Phi) is 9.27. The molecule has 17 heteroatoms. The fourth-order valence-electron chi connectivity index (χ4n) is 4.34. The molecule has 226 valence electrons. The van der Waals surface area contributed by atoms with Crippen molar-refractivity contribution >= 4 is 50.6 Å². The molecular weight excluding hydrogens is 607 g/mol. The minimum atomic E-state index is -5.08. The number of urea groups is 1. The number of carbonyl (C=O) groups is 3. The molecule has 0 spiro atoms. The summed E-state index contributed by atoms with van der Waals surface area (Å²) in [6.07, 6.45) is -4.76. The van der Waals surface area contributed by atoms with Crippen LogP contribution in [0, 0.1) is 0 Å².